The molecule has 29 heavy (non-hydrogen) atoms. The maximum Gasteiger partial charge on any atom is 0.313 e. The van der Waals surface area contributed by atoms with Crippen molar-refractivity contribution in [1.82, 2.24) is 5.32 Å². The van der Waals surface area contributed by atoms with E-state index in [9.17, 15) is 27.6 Å². The topological polar surface area (TPSA) is 84.5 Å². The van der Waals surface area contributed by atoms with Gasteiger partial charge in [0.1, 0.15) is 0 Å². The molecule has 2 aromatic rings. The van der Waals surface area contributed by atoms with Gasteiger partial charge in [-0.3, -0.25) is 14.4 Å². The van der Waals surface area contributed by atoms with Gasteiger partial charge in [0.05, 0.1) is 18.2 Å². The Balaban J connectivity index is 1.80. The number of carbonyl (C=O) groups is 3. The molecule has 0 unspecified atom stereocenters. The van der Waals surface area contributed by atoms with Crippen LogP contribution in [-0.4, -0.2) is 30.9 Å². The number of anilines is 1. The van der Waals surface area contributed by atoms with Crippen LogP contribution >= 0.6 is 0 Å². The van der Waals surface area contributed by atoms with Crippen LogP contribution in [0.25, 0.3) is 0 Å². The van der Waals surface area contributed by atoms with Crippen LogP contribution in [0.5, 0.6) is 0 Å². The molecule has 0 heterocycles. The van der Waals surface area contributed by atoms with Crippen molar-refractivity contribution in [3.63, 3.8) is 0 Å². The van der Waals surface area contributed by atoms with Crippen molar-refractivity contribution in [3.8, 4) is 0 Å². The van der Waals surface area contributed by atoms with E-state index in [1.165, 1.54) is 0 Å². The van der Waals surface area contributed by atoms with E-state index in [4.69, 9.17) is 4.74 Å². The van der Waals surface area contributed by atoms with Gasteiger partial charge in [0.2, 0.25) is 5.91 Å². The second kappa shape index (κ2) is 10.3. The summed E-state index contributed by atoms with van der Waals surface area (Å²) in [5.74, 6) is -7.39. The molecule has 0 aliphatic rings. The SMILES string of the molecule is CC[C@@H](C(=O)OCC(=O)NCC(=O)Nc1ccc(F)c(F)c1F)c1ccccc1. The molecular formula is C20H19F3N2O4. The first-order chi connectivity index (χ1) is 13.8. The van der Waals surface area contributed by atoms with E-state index >= 15 is 0 Å². The Kier molecular flexibility index (Phi) is 7.76. The normalized spacial score (nSPS) is 11.4. The number of hydrogen-bond donors (Lipinski definition) is 2. The minimum Gasteiger partial charge on any atom is -0.455 e. The van der Waals surface area contributed by atoms with Gasteiger partial charge >= 0.3 is 5.97 Å². The van der Waals surface area contributed by atoms with Crippen LogP contribution in [-0.2, 0) is 19.1 Å². The number of amides is 2. The van der Waals surface area contributed by atoms with Gasteiger partial charge in [0, 0.05) is 0 Å². The maximum absolute atomic E-state index is 13.5. The van der Waals surface area contributed by atoms with Gasteiger partial charge in [-0.15, -0.1) is 0 Å². The van der Waals surface area contributed by atoms with Gasteiger partial charge in [-0.05, 0) is 24.1 Å². The molecule has 0 aliphatic heterocycles. The molecule has 0 saturated carbocycles. The Morgan fingerprint density at radius 2 is 1.66 bits per heavy atom. The third-order valence-electron chi connectivity index (χ3n) is 4.00. The lowest BCUT2D eigenvalue weighted by atomic mass is 9.97. The number of ether oxygens (including phenoxy) is 1. The van der Waals surface area contributed by atoms with Crippen LogP contribution in [0.3, 0.4) is 0 Å². The molecule has 2 aromatic carbocycles. The van der Waals surface area contributed by atoms with Crippen molar-refractivity contribution in [2.24, 2.45) is 0 Å². The van der Waals surface area contributed by atoms with Crippen LogP contribution in [0.15, 0.2) is 42.5 Å². The molecular weight excluding hydrogens is 389 g/mol. The minimum atomic E-state index is -1.72. The van der Waals surface area contributed by atoms with Crippen molar-refractivity contribution in [3.05, 3.63) is 65.5 Å². The Morgan fingerprint density at radius 3 is 2.31 bits per heavy atom. The van der Waals surface area contributed by atoms with Crippen molar-refractivity contribution >= 4 is 23.5 Å². The number of carbonyl (C=O) groups excluding carboxylic acids is 3. The zero-order chi connectivity index (χ0) is 21.4. The number of halogens is 3. The third kappa shape index (κ3) is 6.06. The third-order valence-corrected chi connectivity index (χ3v) is 4.00. The highest BCUT2D eigenvalue weighted by Crippen LogP contribution is 2.21. The van der Waals surface area contributed by atoms with Crippen LogP contribution in [0.2, 0.25) is 0 Å². The van der Waals surface area contributed by atoms with E-state index in [-0.39, 0.29) is 0 Å². The molecule has 9 heteroatoms. The van der Waals surface area contributed by atoms with E-state index in [0.29, 0.717) is 12.5 Å². The first-order valence-corrected chi connectivity index (χ1v) is 8.75. The number of nitrogens with one attached hydrogen (secondary N) is 2. The average Bonchev–Trinajstić information content (AvgIpc) is 2.72. The molecule has 0 radical (unpaired) electrons. The maximum atomic E-state index is 13.5. The molecule has 6 nitrogen and oxygen atoms in total. The summed E-state index contributed by atoms with van der Waals surface area (Å²) in [5.41, 5.74) is 0.191. The second-order valence-electron chi connectivity index (χ2n) is 6.03. The molecule has 2 N–H and O–H groups in total. The Bertz CT molecular complexity index is 891. The monoisotopic (exact) mass is 408 g/mol. The van der Waals surface area contributed by atoms with E-state index in [0.717, 1.165) is 11.6 Å². The number of hydrogen-bond acceptors (Lipinski definition) is 4. The first kappa shape index (κ1) is 21.9. The fourth-order valence-electron chi connectivity index (χ4n) is 2.51. The Morgan fingerprint density at radius 1 is 0.966 bits per heavy atom. The molecule has 154 valence electrons. The Labute approximate surface area is 165 Å². The van der Waals surface area contributed by atoms with Gasteiger partial charge in [0.25, 0.3) is 5.91 Å². The Hall–Kier alpha value is -3.36. The molecule has 0 fully saturated rings. The van der Waals surface area contributed by atoms with E-state index in [2.05, 4.69) is 5.32 Å². The van der Waals surface area contributed by atoms with Gasteiger partial charge in [-0.1, -0.05) is 37.3 Å². The summed E-state index contributed by atoms with van der Waals surface area (Å²) in [6, 6.07) is 10.4. The second-order valence-corrected chi connectivity index (χ2v) is 6.03. The minimum absolute atomic E-state index is 0.479. The highest BCUT2D eigenvalue weighted by atomic mass is 19.2. The van der Waals surface area contributed by atoms with Crippen LogP contribution < -0.4 is 10.6 Å². The fraction of sp³-hybridized carbons (Fsp3) is 0.250. The molecule has 0 bridgehead atoms. The van der Waals surface area contributed by atoms with Crippen LogP contribution in [0.4, 0.5) is 18.9 Å². The molecule has 0 aliphatic carbocycles. The summed E-state index contributed by atoms with van der Waals surface area (Å²) in [6.07, 6.45) is 0.479. The number of esters is 1. The van der Waals surface area contributed by atoms with Gasteiger partial charge in [-0.25, -0.2) is 13.2 Å². The van der Waals surface area contributed by atoms with Crippen molar-refractivity contribution < 1.29 is 32.3 Å². The lowest BCUT2D eigenvalue weighted by molar-refractivity contribution is -0.150. The van der Waals surface area contributed by atoms with Crippen molar-refractivity contribution in [1.29, 1.82) is 0 Å². The lowest BCUT2D eigenvalue weighted by Crippen LogP contribution is -2.36. The van der Waals surface area contributed by atoms with Crippen molar-refractivity contribution in [2.75, 3.05) is 18.5 Å². The summed E-state index contributed by atoms with van der Waals surface area (Å²) in [7, 11) is 0. The van der Waals surface area contributed by atoms with Crippen molar-refractivity contribution in [2.45, 2.75) is 19.3 Å². The zero-order valence-corrected chi connectivity index (χ0v) is 15.5. The summed E-state index contributed by atoms with van der Waals surface area (Å²) >= 11 is 0. The number of rotatable bonds is 8. The molecule has 0 spiro atoms. The van der Waals surface area contributed by atoms with Gasteiger partial charge in [0.15, 0.2) is 24.1 Å². The van der Waals surface area contributed by atoms with E-state index in [1.807, 2.05) is 11.4 Å². The summed E-state index contributed by atoms with van der Waals surface area (Å²) < 4.78 is 44.5. The van der Waals surface area contributed by atoms with E-state index < -0.39 is 60.0 Å². The highest BCUT2D eigenvalue weighted by molar-refractivity contribution is 5.95. The standard InChI is InChI=1S/C20H19F3N2O4/c1-2-13(12-6-4-3-5-7-12)20(28)29-11-17(27)24-10-16(26)25-15-9-8-14(21)18(22)19(15)23/h3-9,13H,2,10-11H2,1H3,(H,24,27)(H,25,26)/t13-/m1/s1. The summed E-state index contributed by atoms with van der Waals surface area (Å²) in [6.45, 7) is 0.625. The summed E-state index contributed by atoms with van der Waals surface area (Å²) in [4.78, 5) is 35.7. The first-order valence-electron chi connectivity index (χ1n) is 8.75. The van der Waals surface area contributed by atoms with Crippen LogP contribution in [0.1, 0.15) is 24.8 Å². The smallest absolute Gasteiger partial charge is 0.313 e. The molecule has 1 atom stereocenters. The lowest BCUT2D eigenvalue weighted by Gasteiger charge is -2.14. The largest absolute Gasteiger partial charge is 0.455 e. The molecule has 2 rings (SSSR count). The van der Waals surface area contributed by atoms with Crippen LogP contribution in [0, 0.1) is 17.5 Å². The zero-order valence-electron chi connectivity index (χ0n) is 15.5. The van der Waals surface area contributed by atoms with Gasteiger partial charge in [-0.2, -0.15) is 0 Å². The quantitative estimate of drug-likeness (QED) is 0.520. The molecule has 0 aromatic heterocycles. The summed E-state index contributed by atoms with van der Waals surface area (Å²) in [5, 5.41) is 4.19. The number of benzene rings is 2. The van der Waals surface area contributed by atoms with Gasteiger partial charge < -0.3 is 15.4 Å². The highest BCUT2D eigenvalue weighted by Gasteiger charge is 2.21. The predicted molar refractivity (Wildman–Crippen MR) is 98.4 cm³/mol. The fourth-order valence-corrected chi connectivity index (χ4v) is 2.51. The predicted octanol–water partition coefficient (Wildman–Crippen LogP) is 2.90. The van der Waals surface area contributed by atoms with E-state index in [1.54, 1.807) is 31.2 Å². The molecule has 2 amide bonds. The average molecular weight is 408 g/mol. The molecule has 0 saturated heterocycles.